The van der Waals surface area contributed by atoms with Gasteiger partial charge in [0.05, 0.1) is 33.7 Å². The molecule has 2 aliphatic heterocycles. The summed E-state index contributed by atoms with van der Waals surface area (Å²) in [4.78, 5) is 0. The Hall–Kier alpha value is -7.78. The van der Waals surface area contributed by atoms with Crippen LogP contribution in [0.2, 0.25) is 0 Å². The van der Waals surface area contributed by atoms with Crippen molar-refractivity contribution in [2.45, 2.75) is 55.4 Å². The van der Waals surface area contributed by atoms with E-state index in [-0.39, 0.29) is 53.4 Å². The van der Waals surface area contributed by atoms with Crippen LogP contribution in [0.25, 0.3) is 11.1 Å². The number of para-hydroxylation sites is 2. The van der Waals surface area contributed by atoms with Crippen LogP contribution < -0.4 is 79.2 Å². The Morgan fingerprint density at radius 3 is 1.11 bits per heavy atom. The molecule has 14 heteroatoms. The van der Waals surface area contributed by atoms with Crippen LogP contribution in [0.3, 0.4) is 0 Å². The Morgan fingerprint density at radius 2 is 0.711 bits per heavy atom. The quantitative estimate of drug-likeness (QED) is 0.0907. The lowest BCUT2D eigenvalue weighted by Gasteiger charge is -2.29. The molecule has 0 aromatic heterocycles. The Morgan fingerprint density at radius 1 is 0.368 bits per heavy atom. The molecule has 0 amide bonds. The van der Waals surface area contributed by atoms with Crippen LogP contribution in [0.5, 0.6) is 69.0 Å². The van der Waals surface area contributed by atoms with E-state index >= 15 is 9.13 Å². The summed E-state index contributed by atoms with van der Waals surface area (Å²) in [6.07, 6.45) is 0. The van der Waals surface area contributed by atoms with Crippen molar-refractivity contribution in [1.29, 1.82) is 0 Å². The van der Waals surface area contributed by atoms with Gasteiger partial charge >= 0.3 is 0 Å². The molecule has 8 aromatic rings. The van der Waals surface area contributed by atoms with E-state index in [0.29, 0.717) is 72.1 Å². The van der Waals surface area contributed by atoms with Crippen molar-refractivity contribution < 1.29 is 56.5 Å². The molecule has 0 bridgehead atoms. The first kappa shape index (κ1) is 51.7. The van der Waals surface area contributed by atoms with Crippen LogP contribution in [0.4, 0.5) is 0 Å². The van der Waals surface area contributed by atoms with Crippen LogP contribution in [-0.4, -0.2) is 42.0 Å². The molecule has 8 aromatic carbocycles. The lowest BCUT2D eigenvalue weighted by atomic mass is 10.0. The molecule has 0 unspecified atom stereocenters. The van der Waals surface area contributed by atoms with Crippen molar-refractivity contribution >= 4 is 46.1 Å². The van der Waals surface area contributed by atoms with E-state index in [0.717, 1.165) is 44.5 Å². The molecule has 0 aliphatic carbocycles. The Labute approximate surface area is 444 Å². The molecule has 0 saturated heterocycles. The van der Waals surface area contributed by atoms with Crippen molar-refractivity contribution in [2.75, 3.05) is 42.0 Å². The maximum absolute atomic E-state index is 17.8. The lowest BCUT2D eigenvalue weighted by molar-refractivity contribution is 0.171. The lowest BCUT2D eigenvalue weighted by Crippen LogP contribution is -2.29. The highest BCUT2D eigenvalue weighted by Crippen LogP contribution is 2.61. The second-order valence-corrected chi connectivity index (χ2v) is 24.6. The van der Waals surface area contributed by atoms with Gasteiger partial charge in [0.1, 0.15) is 34.5 Å². The average Bonchev–Trinajstić information content (AvgIpc) is 4.23. The van der Waals surface area contributed by atoms with E-state index in [2.05, 4.69) is 0 Å². The van der Waals surface area contributed by atoms with Gasteiger partial charge in [0.2, 0.25) is 25.1 Å². The van der Waals surface area contributed by atoms with Gasteiger partial charge in [-0.1, -0.05) is 36.4 Å². The van der Waals surface area contributed by atoms with Gasteiger partial charge < -0.3 is 56.5 Å². The highest BCUT2D eigenvalue weighted by atomic mass is 31.2. The molecule has 390 valence electrons. The van der Waals surface area contributed by atoms with Gasteiger partial charge in [-0.15, -0.1) is 0 Å². The molecule has 10 rings (SSSR count). The number of ether oxygens (including phenoxy) is 10. The van der Waals surface area contributed by atoms with Gasteiger partial charge in [-0.25, -0.2) is 0 Å². The highest BCUT2D eigenvalue weighted by molar-refractivity contribution is 7.86. The molecule has 76 heavy (non-hydrogen) atoms. The predicted molar refractivity (Wildman–Crippen MR) is 300 cm³/mol. The molecule has 0 N–H and O–H groups in total. The maximum atomic E-state index is 17.8. The number of benzene rings is 8. The minimum atomic E-state index is -4.17. The maximum Gasteiger partial charge on any atom is 0.231 e. The minimum absolute atomic E-state index is 0.174. The molecule has 0 radical (unpaired) electrons. The van der Waals surface area contributed by atoms with Crippen molar-refractivity contribution in [3.8, 4) is 80.1 Å². The van der Waals surface area contributed by atoms with E-state index < -0.39 is 14.3 Å². The average molecular weight is 1060 g/mol. The number of hydrogen-bond acceptors (Lipinski definition) is 12. The first-order valence-corrected chi connectivity index (χ1v) is 28.2. The normalized spacial score (nSPS) is 12.6. The summed E-state index contributed by atoms with van der Waals surface area (Å²) in [5.41, 5.74) is 6.94. The second kappa shape index (κ2) is 20.4. The summed E-state index contributed by atoms with van der Waals surface area (Å²) in [5.74, 6) is 5.02. The van der Waals surface area contributed by atoms with Gasteiger partial charge in [-0.3, -0.25) is 0 Å². The van der Waals surface area contributed by atoms with Gasteiger partial charge in [0.15, 0.2) is 37.3 Å². The summed E-state index contributed by atoms with van der Waals surface area (Å²) in [5, 5.41) is 2.62. The Kier molecular flexibility index (Phi) is 13.9. The van der Waals surface area contributed by atoms with Gasteiger partial charge in [-0.05, 0) is 185 Å². The summed E-state index contributed by atoms with van der Waals surface area (Å²) < 4.78 is 99.0. The number of hydrogen-bond donors (Lipinski definition) is 0. The van der Waals surface area contributed by atoms with E-state index in [1.54, 1.807) is 34.5 Å². The van der Waals surface area contributed by atoms with Crippen LogP contribution >= 0.6 is 14.3 Å². The van der Waals surface area contributed by atoms with Gasteiger partial charge in [0, 0.05) is 37.6 Å². The van der Waals surface area contributed by atoms with E-state index in [4.69, 9.17) is 47.4 Å². The summed E-state index contributed by atoms with van der Waals surface area (Å²) in [6, 6.07) is 37.5. The zero-order valence-electron chi connectivity index (χ0n) is 44.8. The van der Waals surface area contributed by atoms with Crippen molar-refractivity contribution in [1.82, 2.24) is 0 Å². The molecule has 12 nitrogen and oxygen atoms in total. The van der Waals surface area contributed by atoms with Crippen LogP contribution in [0.1, 0.15) is 44.5 Å². The summed E-state index contributed by atoms with van der Waals surface area (Å²) in [7, 11) is -1.82. The number of fused-ring (bicyclic) bond motifs is 2. The molecule has 0 atom stereocenters. The number of methoxy groups -OCH3 is 4. The van der Waals surface area contributed by atoms with Crippen LogP contribution in [0.15, 0.2) is 121 Å². The second-order valence-electron chi connectivity index (χ2n) is 19.2. The molecule has 2 heterocycles. The smallest absolute Gasteiger partial charge is 0.231 e. The van der Waals surface area contributed by atoms with Crippen molar-refractivity contribution in [3.05, 3.63) is 166 Å². The molecular weight excluding hydrogens is 999 g/mol. The largest absolute Gasteiger partial charge is 0.496 e. The third-order valence-corrected chi connectivity index (χ3v) is 20.1. The van der Waals surface area contributed by atoms with E-state index in [9.17, 15) is 0 Å². The first-order valence-electron chi connectivity index (χ1n) is 24.8. The number of rotatable bonds is 15. The fraction of sp³-hybridized carbons (Fsp3) is 0.226. The Bertz CT molecular complexity index is 3480. The molecule has 0 fully saturated rings. The molecule has 0 saturated carbocycles. The predicted octanol–water partition coefficient (Wildman–Crippen LogP) is 12.2. The van der Waals surface area contributed by atoms with Gasteiger partial charge in [0.25, 0.3) is 0 Å². The zero-order chi connectivity index (χ0) is 53.8. The topological polar surface area (TPSA) is 126 Å². The first-order chi connectivity index (χ1) is 36.5. The zero-order valence-corrected chi connectivity index (χ0v) is 46.5. The monoisotopic (exact) mass is 1060 g/mol. The number of aryl methyl sites for hydroxylation is 8. The van der Waals surface area contributed by atoms with E-state index in [1.165, 1.54) is 0 Å². The molecule has 0 spiro atoms. The summed E-state index contributed by atoms with van der Waals surface area (Å²) >= 11 is 0. The minimum Gasteiger partial charge on any atom is -0.496 e. The standard InChI is InChI=1S/C62H60O12P2/c1-35-23-45(24-36(2)54(35)65-9)75(63,46-25-37(3)55(66-10)38(4)26-46)51-32-50(73-43-19-15-13-16-20-43)59-61(71-34-70-59)53(51)49-31-52(60(62-58(49)69-33-72-62)74-44-21-17-14-18-22-44)76(64,47-27-39(5)56(67-11)40(6)28-47)48-29-41(7)57(68-12)42(8)30-48/h13-32H,33-34H2,1-12H3. The molecular formula is C62H60O12P2. The van der Waals surface area contributed by atoms with Crippen molar-refractivity contribution in [2.24, 2.45) is 0 Å². The fourth-order valence-electron chi connectivity index (χ4n) is 11.0. The molecule has 2 aliphatic rings. The fourth-order valence-corrected chi connectivity index (χ4v) is 17.3. The van der Waals surface area contributed by atoms with Gasteiger partial charge in [-0.2, -0.15) is 0 Å². The third kappa shape index (κ3) is 8.67. The van der Waals surface area contributed by atoms with Crippen LogP contribution in [-0.2, 0) is 9.13 Å². The summed E-state index contributed by atoms with van der Waals surface area (Å²) in [6.45, 7) is 15.1. The van der Waals surface area contributed by atoms with Crippen LogP contribution in [0, 0.1) is 55.4 Å². The van der Waals surface area contributed by atoms with Crippen molar-refractivity contribution in [3.63, 3.8) is 0 Å². The SMILES string of the molecule is COc1c(C)cc(P(=O)(c2cc(C)c(OC)c(C)c2)c2cc(-c3c(P(=O)(c4cc(C)c(OC)c(C)c4)c4cc(C)c(OC)c(C)c4)cc(Oc4ccccc4)c4c3OCO4)c3c(c2Oc2ccccc2)OCO3)cc1C. The Balaban J connectivity index is 1.40. The third-order valence-electron chi connectivity index (χ3n) is 14.1. The highest BCUT2D eigenvalue weighted by Gasteiger charge is 2.45. The van der Waals surface area contributed by atoms with E-state index in [1.807, 2.05) is 171 Å².